The highest BCUT2D eigenvalue weighted by molar-refractivity contribution is 4.79. The van der Waals surface area contributed by atoms with Crippen molar-refractivity contribution in [2.24, 2.45) is 11.8 Å². The molecule has 1 aliphatic carbocycles. The lowest BCUT2D eigenvalue weighted by Gasteiger charge is -2.32. The number of hydrogen-bond donors (Lipinski definition) is 2. The van der Waals surface area contributed by atoms with Crippen LogP contribution in [0.15, 0.2) is 0 Å². The van der Waals surface area contributed by atoms with Crippen LogP contribution >= 0.6 is 0 Å². The van der Waals surface area contributed by atoms with E-state index in [1.807, 2.05) is 0 Å². The molecule has 0 amide bonds. The van der Waals surface area contributed by atoms with Crippen LogP contribution in [0.4, 0.5) is 0 Å². The second kappa shape index (κ2) is 6.41. The molecule has 2 heteroatoms. The molecule has 2 N–H and O–H groups in total. The Bertz CT molecular complexity index is 149. The standard InChI is InChI=1S/C12H25NO/c1-10-5-6-12(9-11(10)2)13-7-3-4-8-14/h10-14H,3-9H2,1-2H3. The van der Waals surface area contributed by atoms with Crippen LogP contribution in [0, 0.1) is 11.8 Å². The third-order valence-electron chi connectivity index (χ3n) is 3.62. The molecule has 0 heterocycles. The van der Waals surface area contributed by atoms with E-state index < -0.39 is 0 Å². The lowest BCUT2D eigenvalue weighted by atomic mass is 9.79. The monoisotopic (exact) mass is 199 g/mol. The second-order valence-electron chi connectivity index (χ2n) is 4.85. The summed E-state index contributed by atoms with van der Waals surface area (Å²) >= 11 is 0. The minimum absolute atomic E-state index is 0.333. The molecule has 1 rings (SSSR count). The van der Waals surface area contributed by atoms with Crippen molar-refractivity contribution in [2.45, 2.75) is 52.0 Å². The van der Waals surface area contributed by atoms with Crippen molar-refractivity contribution < 1.29 is 5.11 Å². The number of aliphatic hydroxyl groups is 1. The Morgan fingerprint density at radius 3 is 2.57 bits per heavy atom. The fourth-order valence-corrected chi connectivity index (χ4v) is 2.28. The van der Waals surface area contributed by atoms with E-state index in [-0.39, 0.29) is 0 Å². The molecule has 84 valence electrons. The lowest BCUT2D eigenvalue weighted by molar-refractivity contribution is 0.223. The van der Waals surface area contributed by atoms with E-state index in [9.17, 15) is 0 Å². The zero-order valence-electron chi connectivity index (χ0n) is 9.63. The van der Waals surface area contributed by atoms with E-state index in [0.717, 1.165) is 37.3 Å². The summed E-state index contributed by atoms with van der Waals surface area (Å²) in [6.07, 6.45) is 6.09. The van der Waals surface area contributed by atoms with Crippen LogP contribution in [-0.2, 0) is 0 Å². The molecule has 1 saturated carbocycles. The van der Waals surface area contributed by atoms with Crippen molar-refractivity contribution in [3.05, 3.63) is 0 Å². The van der Waals surface area contributed by atoms with Crippen molar-refractivity contribution in [3.8, 4) is 0 Å². The van der Waals surface area contributed by atoms with Gasteiger partial charge >= 0.3 is 0 Å². The Kier molecular flexibility index (Phi) is 5.49. The topological polar surface area (TPSA) is 32.3 Å². The van der Waals surface area contributed by atoms with Crippen molar-refractivity contribution >= 4 is 0 Å². The molecule has 3 atom stereocenters. The zero-order valence-corrected chi connectivity index (χ0v) is 9.63. The van der Waals surface area contributed by atoms with Gasteiger partial charge in [0.25, 0.3) is 0 Å². The van der Waals surface area contributed by atoms with Crippen LogP contribution in [-0.4, -0.2) is 24.3 Å². The molecule has 0 spiro atoms. The van der Waals surface area contributed by atoms with Gasteiger partial charge in [0.05, 0.1) is 0 Å². The van der Waals surface area contributed by atoms with Gasteiger partial charge in [-0.05, 0) is 50.5 Å². The third kappa shape index (κ3) is 3.97. The summed E-state index contributed by atoms with van der Waals surface area (Å²) in [7, 11) is 0. The number of hydrogen-bond acceptors (Lipinski definition) is 2. The number of unbranched alkanes of at least 4 members (excludes halogenated alkanes) is 1. The van der Waals surface area contributed by atoms with Crippen molar-refractivity contribution in [3.63, 3.8) is 0 Å². The Balaban J connectivity index is 2.07. The molecule has 0 saturated heterocycles. The number of rotatable bonds is 5. The molecule has 1 aliphatic rings. The van der Waals surface area contributed by atoms with E-state index in [2.05, 4.69) is 19.2 Å². The Labute approximate surface area is 88.1 Å². The van der Waals surface area contributed by atoms with Gasteiger partial charge in [0.15, 0.2) is 0 Å². The fourth-order valence-electron chi connectivity index (χ4n) is 2.28. The Morgan fingerprint density at radius 2 is 1.93 bits per heavy atom. The SMILES string of the molecule is CC1CCC(NCCCCO)CC1C. The van der Waals surface area contributed by atoms with Gasteiger partial charge in [-0.15, -0.1) is 0 Å². The quantitative estimate of drug-likeness (QED) is 0.665. The second-order valence-corrected chi connectivity index (χ2v) is 4.85. The predicted molar refractivity (Wildman–Crippen MR) is 60.3 cm³/mol. The maximum atomic E-state index is 8.65. The van der Waals surface area contributed by atoms with Crippen molar-refractivity contribution in [1.82, 2.24) is 5.32 Å². The molecule has 0 radical (unpaired) electrons. The summed E-state index contributed by atoms with van der Waals surface area (Å²) in [6.45, 7) is 6.14. The average Bonchev–Trinajstić information content (AvgIpc) is 2.18. The Morgan fingerprint density at radius 1 is 1.14 bits per heavy atom. The van der Waals surface area contributed by atoms with Crippen molar-refractivity contribution in [1.29, 1.82) is 0 Å². The van der Waals surface area contributed by atoms with E-state index in [4.69, 9.17) is 5.11 Å². The molecule has 2 nitrogen and oxygen atoms in total. The smallest absolute Gasteiger partial charge is 0.0431 e. The zero-order chi connectivity index (χ0) is 10.4. The maximum absolute atomic E-state index is 8.65. The average molecular weight is 199 g/mol. The first-order valence-corrected chi connectivity index (χ1v) is 6.08. The highest BCUT2D eigenvalue weighted by Crippen LogP contribution is 2.29. The molecule has 0 aromatic carbocycles. The van der Waals surface area contributed by atoms with Gasteiger partial charge in [-0.25, -0.2) is 0 Å². The van der Waals surface area contributed by atoms with Crippen LogP contribution in [0.5, 0.6) is 0 Å². The first-order valence-electron chi connectivity index (χ1n) is 6.08. The molecule has 0 aromatic rings. The van der Waals surface area contributed by atoms with E-state index in [0.29, 0.717) is 6.61 Å². The summed E-state index contributed by atoms with van der Waals surface area (Å²) in [5, 5.41) is 12.2. The van der Waals surface area contributed by atoms with E-state index in [1.54, 1.807) is 0 Å². The summed E-state index contributed by atoms with van der Waals surface area (Å²) < 4.78 is 0. The molecular weight excluding hydrogens is 174 g/mol. The van der Waals surface area contributed by atoms with Crippen LogP contribution in [0.2, 0.25) is 0 Å². The largest absolute Gasteiger partial charge is 0.396 e. The highest BCUT2D eigenvalue weighted by Gasteiger charge is 2.23. The first-order chi connectivity index (χ1) is 6.74. The molecular formula is C12H25NO. The lowest BCUT2D eigenvalue weighted by Crippen LogP contribution is -2.36. The minimum Gasteiger partial charge on any atom is -0.396 e. The first kappa shape index (κ1) is 12.0. The summed E-state index contributed by atoms with van der Waals surface area (Å²) in [5.41, 5.74) is 0. The summed E-state index contributed by atoms with van der Waals surface area (Å²) in [5.74, 6) is 1.78. The third-order valence-corrected chi connectivity index (χ3v) is 3.62. The van der Waals surface area contributed by atoms with Gasteiger partial charge < -0.3 is 10.4 Å². The molecule has 0 aliphatic heterocycles. The van der Waals surface area contributed by atoms with Crippen LogP contribution in [0.1, 0.15) is 46.0 Å². The van der Waals surface area contributed by atoms with E-state index in [1.165, 1.54) is 19.3 Å². The van der Waals surface area contributed by atoms with Crippen LogP contribution in [0.25, 0.3) is 0 Å². The molecule has 14 heavy (non-hydrogen) atoms. The Hall–Kier alpha value is -0.0800. The predicted octanol–water partition coefficient (Wildman–Crippen LogP) is 2.17. The minimum atomic E-state index is 0.333. The summed E-state index contributed by atoms with van der Waals surface area (Å²) in [4.78, 5) is 0. The van der Waals surface area contributed by atoms with Crippen molar-refractivity contribution in [2.75, 3.05) is 13.2 Å². The van der Waals surface area contributed by atoms with Gasteiger partial charge in [0, 0.05) is 12.6 Å². The van der Waals surface area contributed by atoms with Crippen LogP contribution < -0.4 is 5.32 Å². The molecule has 0 bridgehead atoms. The van der Waals surface area contributed by atoms with Gasteiger partial charge in [-0.2, -0.15) is 0 Å². The number of aliphatic hydroxyl groups excluding tert-OH is 1. The van der Waals surface area contributed by atoms with Crippen LogP contribution in [0.3, 0.4) is 0 Å². The van der Waals surface area contributed by atoms with Gasteiger partial charge in [0.1, 0.15) is 0 Å². The maximum Gasteiger partial charge on any atom is 0.0431 e. The molecule has 1 fully saturated rings. The highest BCUT2D eigenvalue weighted by atomic mass is 16.2. The van der Waals surface area contributed by atoms with Gasteiger partial charge in [-0.3, -0.25) is 0 Å². The molecule has 0 aromatic heterocycles. The number of nitrogens with one attached hydrogen (secondary N) is 1. The molecule has 3 unspecified atom stereocenters. The van der Waals surface area contributed by atoms with Gasteiger partial charge in [-0.1, -0.05) is 13.8 Å². The van der Waals surface area contributed by atoms with Gasteiger partial charge in [0.2, 0.25) is 0 Å². The van der Waals surface area contributed by atoms with E-state index >= 15 is 0 Å². The fraction of sp³-hybridized carbons (Fsp3) is 1.00. The normalized spacial score (nSPS) is 33.2. The summed E-state index contributed by atoms with van der Waals surface area (Å²) in [6, 6.07) is 0.736.